The van der Waals surface area contributed by atoms with Crippen LogP contribution in [0, 0.1) is 12.7 Å². The van der Waals surface area contributed by atoms with Crippen molar-refractivity contribution in [3.05, 3.63) is 59.3 Å². The fraction of sp³-hybridized carbons (Fsp3) is 0.478. The first-order valence-electron chi connectivity index (χ1n) is 10.7. The molecule has 1 aromatic carbocycles. The maximum absolute atomic E-state index is 13.8. The number of nitrogens with one attached hydrogen (secondary N) is 1. The first-order valence-corrected chi connectivity index (χ1v) is 10.7. The lowest BCUT2D eigenvalue weighted by atomic mass is 9.74. The molecule has 4 rings (SSSR count). The summed E-state index contributed by atoms with van der Waals surface area (Å²) in [5, 5.41) is 3.05. The molecular weight excluding hydrogens is 401 g/mol. The molecule has 8 heteroatoms. The molecule has 2 saturated heterocycles. The maximum atomic E-state index is 13.8. The third-order valence-electron chi connectivity index (χ3n) is 6.27. The predicted molar refractivity (Wildman–Crippen MR) is 112 cm³/mol. The molecule has 1 N–H and O–H groups in total. The number of urea groups is 1. The van der Waals surface area contributed by atoms with Crippen LogP contribution >= 0.6 is 0 Å². The Balaban J connectivity index is 1.34. The lowest BCUT2D eigenvalue weighted by molar-refractivity contribution is 0.0492. The number of amides is 3. The number of piperazine rings is 1. The summed E-state index contributed by atoms with van der Waals surface area (Å²) in [5.41, 5.74) is 0.547. The summed E-state index contributed by atoms with van der Waals surface area (Å²) >= 11 is 0. The van der Waals surface area contributed by atoms with Gasteiger partial charge in [0.2, 0.25) is 0 Å². The number of carbonyl (C=O) groups excluding carboxylic acids is 2. The second kappa shape index (κ2) is 9.09. The Bertz CT molecular complexity index is 930. The Hall–Kier alpha value is -2.87. The molecule has 2 aromatic rings. The summed E-state index contributed by atoms with van der Waals surface area (Å²) in [5.74, 6) is 0.594. The van der Waals surface area contributed by atoms with Crippen LogP contribution in [0.5, 0.6) is 0 Å². The van der Waals surface area contributed by atoms with E-state index >= 15 is 0 Å². The maximum Gasteiger partial charge on any atom is 0.317 e. The second-order valence-electron chi connectivity index (χ2n) is 8.25. The Labute approximate surface area is 181 Å². The van der Waals surface area contributed by atoms with E-state index in [1.54, 1.807) is 41.0 Å². The van der Waals surface area contributed by atoms with Gasteiger partial charge in [0, 0.05) is 51.4 Å². The standard InChI is InChI=1S/C23H28FN3O4/c1-17-5-6-20(31-17)21(28)26-9-11-27(12-10-26)22(29)25-16-23(7-13-30-14-8-23)18-3-2-4-19(24)15-18/h2-6,15H,7-14,16H2,1H3,(H,25,29). The van der Waals surface area contributed by atoms with Crippen LogP contribution in [0.2, 0.25) is 0 Å². The van der Waals surface area contributed by atoms with Crippen LogP contribution in [-0.4, -0.2) is 67.7 Å². The highest BCUT2D eigenvalue weighted by Crippen LogP contribution is 2.34. The number of nitrogens with zero attached hydrogens (tertiary/aromatic N) is 2. The van der Waals surface area contributed by atoms with Gasteiger partial charge in [-0.2, -0.15) is 0 Å². The highest BCUT2D eigenvalue weighted by atomic mass is 19.1. The third kappa shape index (κ3) is 4.74. The van der Waals surface area contributed by atoms with Crippen molar-refractivity contribution in [3.63, 3.8) is 0 Å². The van der Waals surface area contributed by atoms with E-state index in [1.807, 2.05) is 6.07 Å². The minimum Gasteiger partial charge on any atom is -0.456 e. The van der Waals surface area contributed by atoms with Gasteiger partial charge < -0.3 is 24.3 Å². The molecule has 0 bridgehead atoms. The molecule has 3 amide bonds. The van der Waals surface area contributed by atoms with Gasteiger partial charge in [0.15, 0.2) is 5.76 Å². The SMILES string of the molecule is Cc1ccc(C(=O)N2CCN(C(=O)NCC3(c4cccc(F)c4)CCOCC3)CC2)o1. The van der Waals surface area contributed by atoms with Crippen molar-refractivity contribution in [1.82, 2.24) is 15.1 Å². The summed E-state index contributed by atoms with van der Waals surface area (Å²) in [7, 11) is 0. The highest BCUT2D eigenvalue weighted by Gasteiger charge is 2.36. The molecule has 31 heavy (non-hydrogen) atoms. The summed E-state index contributed by atoms with van der Waals surface area (Å²) in [4.78, 5) is 28.8. The number of hydrogen-bond donors (Lipinski definition) is 1. The van der Waals surface area contributed by atoms with E-state index in [-0.39, 0.29) is 23.2 Å². The van der Waals surface area contributed by atoms with Gasteiger partial charge in [0.1, 0.15) is 11.6 Å². The highest BCUT2D eigenvalue weighted by molar-refractivity contribution is 5.91. The minimum atomic E-state index is -0.342. The number of benzene rings is 1. The van der Waals surface area contributed by atoms with E-state index in [1.165, 1.54) is 6.07 Å². The zero-order chi connectivity index (χ0) is 21.8. The molecule has 2 aliphatic heterocycles. The third-order valence-corrected chi connectivity index (χ3v) is 6.27. The van der Waals surface area contributed by atoms with Gasteiger partial charge in [0.25, 0.3) is 5.91 Å². The van der Waals surface area contributed by atoms with Crippen LogP contribution in [0.25, 0.3) is 0 Å². The smallest absolute Gasteiger partial charge is 0.317 e. The predicted octanol–water partition coefficient (Wildman–Crippen LogP) is 2.94. The summed E-state index contributed by atoms with van der Waals surface area (Å²) in [6.45, 7) is 5.20. The molecule has 0 spiro atoms. The molecule has 0 aliphatic carbocycles. The fourth-order valence-electron chi connectivity index (χ4n) is 4.32. The summed E-state index contributed by atoms with van der Waals surface area (Å²) < 4.78 is 24.8. The molecule has 7 nitrogen and oxygen atoms in total. The molecule has 1 aromatic heterocycles. The Morgan fingerprint density at radius 3 is 2.42 bits per heavy atom. The molecule has 0 unspecified atom stereocenters. The first-order chi connectivity index (χ1) is 15.0. The van der Waals surface area contributed by atoms with Crippen LogP contribution in [0.3, 0.4) is 0 Å². The van der Waals surface area contributed by atoms with Crippen LogP contribution in [0.4, 0.5) is 9.18 Å². The van der Waals surface area contributed by atoms with Crippen molar-refractivity contribution in [2.24, 2.45) is 0 Å². The molecule has 0 atom stereocenters. The quantitative estimate of drug-likeness (QED) is 0.811. The van der Waals surface area contributed by atoms with E-state index in [9.17, 15) is 14.0 Å². The second-order valence-corrected chi connectivity index (χ2v) is 8.25. The Morgan fingerprint density at radius 1 is 1.06 bits per heavy atom. The van der Waals surface area contributed by atoms with Gasteiger partial charge in [-0.1, -0.05) is 12.1 Å². The topological polar surface area (TPSA) is 75.0 Å². The molecule has 166 valence electrons. The minimum absolute atomic E-state index is 0.152. The number of ether oxygens (including phenoxy) is 1. The molecule has 2 aliphatic rings. The van der Waals surface area contributed by atoms with E-state index in [0.29, 0.717) is 57.5 Å². The van der Waals surface area contributed by atoms with E-state index in [2.05, 4.69) is 5.32 Å². The lowest BCUT2D eigenvalue weighted by Crippen LogP contribution is -2.55. The molecule has 3 heterocycles. The summed E-state index contributed by atoms with van der Waals surface area (Å²) in [6, 6.07) is 9.89. The van der Waals surface area contributed by atoms with Crippen LogP contribution < -0.4 is 5.32 Å². The number of furan rings is 1. The molecule has 2 fully saturated rings. The largest absolute Gasteiger partial charge is 0.456 e. The van der Waals surface area contributed by atoms with Gasteiger partial charge in [-0.15, -0.1) is 0 Å². The fourth-order valence-corrected chi connectivity index (χ4v) is 4.32. The first kappa shape index (κ1) is 21.4. The number of carbonyl (C=O) groups is 2. The Morgan fingerprint density at radius 2 is 1.77 bits per heavy atom. The van der Waals surface area contributed by atoms with Crippen molar-refractivity contribution in [2.45, 2.75) is 25.2 Å². The normalized spacial score (nSPS) is 18.6. The molecule has 0 radical (unpaired) electrons. The van der Waals surface area contributed by atoms with E-state index in [0.717, 1.165) is 18.4 Å². The van der Waals surface area contributed by atoms with Gasteiger partial charge in [0.05, 0.1) is 0 Å². The van der Waals surface area contributed by atoms with Gasteiger partial charge in [-0.3, -0.25) is 4.79 Å². The van der Waals surface area contributed by atoms with Crippen LogP contribution in [-0.2, 0) is 10.2 Å². The van der Waals surface area contributed by atoms with Crippen molar-refractivity contribution in [1.29, 1.82) is 0 Å². The van der Waals surface area contributed by atoms with Gasteiger partial charge in [-0.05, 0) is 49.6 Å². The van der Waals surface area contributed by atoms with Crippen LogP contribution in [0.1, 0.15) is 34.7 Å². The van der Waals surface area contributed by atoms with Crippen molar-refractivity contribution in [2.75, 3.05) is 45.9 Å². The number of aryl methyl sites for hydroxylation is 1. The van der Waals surface area contributed by atoms with Crippen molar-refractivity contribution < 1.29 is 23.1 Å². The average Bonchev–Trinajstić information content (AvgIpc) is 3.24. The monoisotopic (exact) mass is 429 g/mol. The lowest BCUT2D eigenvalue weighted by Gasteiger charge is -2.39. The molecular formula is C23H28FN3O4. The van der Waals surface area contributed by atoms with Gasteiger partial charge in [-0.25, -0.2) is 9.18 Å². The van der Waals surface area contributed by atoms with Crippen molar-refractivity contribution in [3.8, 4) is 0 Å². The summed E-state index contributed by atoms with van der Waals surface area (Å²) in [6.07, 6.45) is 1.45. The number of halogens is 1. The zero-order valence-corrected chi connectivity index (χ0v) is 17.7. The van der Waals surface area contributed by atoms with Crippen molar-refractivity contribution >= 4 is 11.9 Å². The van der Waals surface area contributed by atoms with E-state index < -0.39 is 0 Å². The number of rotatable bonds is 4. The van der Waals surface area contributed by atoms with Crippen LogP contribution in [0.15, 0.2) is 40.8 Å². The molecule has 0 saturated carbocycles. The Kier molecular flexibility index (Phi) is 6.27. The van der Waals surface area contributed by atoms with E-state index in [4.69, 9.17) is 9.15 Å². The van der Waals surface area contributed by atoms with Gasteiger partial charge >= 0.3 is 6.03 Å². The zero-order valence-electron chi connectivity index (χ0n) is 17.7. The number of hydrogen-bond acceptors (Lipinski definition) is 4. The average molecular weight is 429 g/mol.